The van der Waals surface area contributed by atoms with E-state index in [1.165, 1.54) is 6.07 Å². The van der Waals surface area contributed by atoms with Crippen LogP contribution in [0.5, 0.6) is 5.75 Å². The monoisotopic (exact) mass is 363 g/mol. The summed E-state index contributed by atoms with van der Waals surface area (Å²) < 4.78 is 42.5. The van der Waals surface area contributed by atoms with Gasteiger partial charge in [-0.15, -0.1) is 0 Å². The maximum atomic E-state index is 13.6. The molecule has 134 valence electrons. The third kappa shape index (κ3) is 5.28. The highest BCUT2D eigenvalue weighted by Gasteiger charge is 2.24. The minimum atomic E-state index is -2.89. The van der Waals surface area contributed by atoms with E-state index in [9.17, 15) is 12.8 Å². The summed E-state index contributed by atoms with van der Waals surface area (Å²) >= 11 is 0. The standard InChI is InChI=1S/C19H22FNO3S/c20-19-6-2-1-4-16(19)13-24-18-9-7-15(8-10-18)12-21-17-5-3-11-25(22,23)14-17/h1-2,4,6-10,17,21H,3,5,11-14H2. The second-order valence-electron chi connectivity index (χ2n) is 6.36. The molecule has 2 aromatic rings. The first-order valence-electron chi connectivity index (χ1n) is 8.41. The van der Waals surface area contributed by atoms with Gasteiger partial charge in [-0.2, -0.15) is 0 Å². The van der Waals surface area contributed by atoms with Crippen LogP contribution in [0.15, 0.2) is 48.5 Å². The first-order valence-corrected chi connectivity index (χ1v) is 10.2. The van der Waals surface area contributed by atoms with Crippen LogP contribution in [0.3, 0.4) is 0 Å². The van der Waals surface area contributed by atoms with E-state index in [0.717, 1.165) is 18.4 Å². The predicted molar refractivity (Wildman–Crippen MR) is 95.7 cm³/mol. The van der Waals surface area contributed by atoms with Gasteiger partial charge in [-0.1, -0.05) is 30.3 Å². The highest BCUT2D eigenvalue weighted by Crippen LogP contribution is 2.17. The van der Waals surface area contributed by atoms with E-state index in [4.69, 9.17) is 4.74 Å². The van der Waals surface area contributed by atoms with E-state index >= 15 is 0 Å². The van der Waals surface area contributed by atoms with Gasteiger partial charge in [-0.3, -0.25) is 0 Å². The van der Waals surface area contributed by atoms with Gasteiger partial charge in [0.1, 0.15) is 18.2 Å². The van der Waals surface area contributed by atoms with Gasteiger partial charge in [0.2, 0.25) is 0 Å². The van der Waals surface area contributed by atoms with Crippen LogP contribution in [0.25, 0.3) is 0 Å². The average molecular weight is 363 g/mol. The fourth-order valence-electron chi connectivity index (χ4n) is 2.93. The van der Waals surface area contributed by atoms with E-state index in [1.54, 1.807) is 18.2 Å². The fraction of sp³-hybridized carbons (Fsp3) is 0.368. The Balaban J connectivity index is 1.49. The van der Waals surface area contributed by atoms with Crippen molar-refractivity contribution in [2.45, 2.75) is 32.0 Å². The SMILES string of the molecule is O=S1(=O)CCCC(NCc2ccc(OCc3ccccc3F)cc2)C1. The van der Waals surface area contributed by atoms with Crippen LogP contribution in [0, 0.1) is 5.82 Å². The number of sulfone groups is 1. The molecule has 25 heavy (non-hydrogen) atoms. The van der Waals surface area contributed by atoms with Gasteiger partial charge in [0, 0.05) is 18.2 Å². The van der Waals surface area contributed by atoms with Crippen molar-refractivity contribution in [1.82, 2.24) is 5.32 Å². The Labute approximate surface area is 147 Å². The first-order chi connectivity index (χ1) is 12.0. The molecule has 0 amide bonds. The van der Waals surface area contributed by atoms with Crippen LogP contribution in [-0.2, 0) is 23.0 Å². The van der Waals surface area contributed by atoms with Crippen LogP contribution in [0.4, 0.5) is 4.39 Å². The molecule has 0 spiro atoms. The highest BCUT2D eigenvalue weighted by molar-refractivity contribution is 7.91. The summed E-state index contributed by atoms with van der Waals surface area (Å²) in [6, 6.07) is 14.1. The van der Waals surface area contributed by atoms with E-state index in [-0.39, 0.29) is 24.2 Å². The van der Waals surface area contributed by atoms with Gasteiger partial charge in [0.15, 0.2) is 9.84 Å². The number of rotatable bonds is 6. The Bertz CT molecular complexity index is 806. The van der Waals surface area contributed by atoms with Crippen LogP contribution in [-0.4, -0.2) is 26.0 Å². The lowest BCUT2D eigenvalue weighted by molar-refractivity contribution is 0.299. The van der Waals surface area contributed by atoms with Gasteiger partial charge in [-0.05, 0) is 36.6 Å². The normalized spacial score (nSPS) is 19.5. The second kappa shape index (κ2) is 7.97. The van der Waals surface area contributed by atoms with Crippen LogP contribution in [0.1, 0.15) is 24.0 Å². The molecule has 0 bridgehead atoms. The molecular weight excluding hydrogens is 341 g/mol. The number of halogens is 1. The molecule has 0 radical (unpaired) electrons. The summed E-state index contributed by atoms with van der Waals surface area (Å²) in [6.07, 6.45) is 1.62. The van der Waals surface area contributed by atoms with Gasteiger partial charge in [0.25, 0.3) is 0 Å². The van der Waals surface area contributed by atoms with E-state index < -0.39 is 9.84 Å². The maximum Gasteiger partial charge on any atom is 0.151 e. The Morgan fingerprint density at radius 2 is 1.88 bits per heavy atom. The Kier molecular flexibility index (Phi) is 5.71. The van der Waals surface area contributed by atoms with Crippen molar-refractivity contribution in [2.24, 2.45) is 0 Å². The van der Waals surface area contributed by atoms with Gasteiger partial charge >= 0.3 is 0 Å². The Hall–Kier alpha value is -1.92. The van der Waals surface area contributed by atoms with Gasteiger partial charge in [0.05, 0.1) is 11.5 Å². The molecular formula is C19H22FNO3S. The molecule has 1 heterocycles. The summed E-state index contributed by atoms with van der Waals surface area (Å²) in [6.45, 7) is 0.804. The first kappa shape index (κ1) is 17.9. The lowest BCUT2D eigenvalue weighted by Crippen LogP contribution is -2.39. The molecule has 1 aliphatic heterocycles. The minimum Gasteiger partial charge on any atom is -0.489 e. The number of benzene rings is 2. The zero-order valence-corrected chi connectivity index (χ0v) is 14.8. The van der Waals surface area contributed by atoms with E-state index in [1.807, 2.05) is 24.3 Å². The third-order valence-electron chi connectivity index (χ3n) is 4.33. The quantitative estimate of drug-likeness (QED) is 0.857. The zero-order chi connectivity index (χ0) is 17.7. The molecule has 1 saturated heterocycles. The maximum absolute atomic E-state index is 13.6. The average Bonchev–Trinajstić information content (AvgIpc) is 2.59. The summed E-state index contributed by atoms with van der Waals surface area (Å²) in [7, 11) is -2.89. The summed E-state index contributed by atoms with van der Waals surface area (Å²) in [5, 5.41) is 3.31. The van der Waals surface area contributed by atoms with Crippen molar-refractivity contribution < 1.29 is 17.5 Å². The second-order valence-corrected chi connectivity index (χ2v) is 8.59. The fourth-order valence-corrected chi connectivity index (χ4v) is 4.60. The molecule has 1 aliphatic rings. The van der Waals surface area contributed by atoms with E-state index in [0.29, 0.717) is 23.6 Å². The number of hydrogen-bond acceptors (Lipinski definition) is 4. The number of nitrogens with one attached hydrogen (secondary N) is 1. The Morgan fingerprint density at radius 1 is 1.12 bits per heavy atom. The smallest absolute Gasteiger partial charge is 0.151 e. The molecule has 1 atom stereocenters. The zero-order valence-electron chi connectivity index (χ0n) is 13.9. The number of hydrogen-bond donors (Lipinski definition) is 1. The topological polar surface area (TPSA) is 55.4 Å². The molecule has 6 heteroatoms. The summed E-state index contributed by atoms with van der Waals surface area (Å²) in [5.41, 5.74) is 1.58. The van der Waals surface area contributed by atoms with Crippen molar-refractivity contribution in [2.75, 3.05) is 11.5 Å². The van der Waals surface area contributed by atoms with E-state index in [2.05, 4.69) is 5.32 Å². The van der Waals surface area contributed by atoms with Crippen molar-refractivity contribution >= 4 is 9.84 Å². The molecule has 2 aromatic carbocycles. The summed E-state index contributed by atoms with van der Waals surface area (Å²) in [5.74, 6) is 0.925. The largest absolute Gasteiger partial charge is 0.489 e. The molecule has 3 rings (SSSR count). The summed E-state index contributed by atoms with van der Waals surface area (Å²) in [4.78, 5) is 0. The number of ether oxygens (including phenoxy) is 1. The van der Waals surface area contributed by atoms with Crippen molar-refractivity contribution in [1.29, 1.82) is 0 Å². The van der Waals surface area contributed by atoms with Gasteiger partial charge in [-0.25, -0.2) is 12.8 Å². The molecule has 0 saturated carbocycles. The molecule has 1 fully saturated rings. The van der Waals surface area contributed by atoms with Crippen molar-refractivity contribution in [3.8, 4) is 5.75 Å². The van der Waals surface area contributed by atoms with Crippen LogP contribution >= 0.6 is 0 Å². The Morgan fingerprint density at radius 3 is 2.60 bits per heavy atom. The molecule has 1 unspecified atom stereocenters. The highest BCUT2D eigenvalue weighted by atomic mass is 32.2. The molecule has 1 N–H and O–H groups in total. The minimum absolute atomic E-state index is 0.0238. The lowest BCUT2D eigenvalue weighted by atomic mass is 10.1. The van der Waals surface area contributed by atoms with Crippen molar-refractivity contribution in [3.63, 3.8) is 0 Å². The molecule has 4 nitrogen and oxygen atoms in total. The van der Waals surface area contributed by atoms with Gasteiger partial charge < -0.3 is 10.1 Å². The predicted octanol–water partition coefficient (Wildman–Crippen LogP) is 3.07. The lowest BCUT2D eigenvalue weighted by Gasteiger charge is -2.23. The molecule has 0 aromatic heterocycles. The third-order valence-corrected chi connectivity index (χ3v) is 6.15. The van der Waals surface area contributed by atoms with Crippen LogP contribution < -0.4 is 10.1 Å². The van der Waals surface area contributed by atoms with Crippen LogP contribution in [0.2, 0.25) is 0 Å². The van der Waals surface area contributed by atoms with Crippen molar-refractivity contribution in [3.05, 3.63) is 65.5 Å². The molecule has 0 aliphatic carbocycles.